The van der Waals surface area contributed by atoms with Gasteiger partial charge in [-0.3, -0.25) is 0 Å². The predicted molar refractivity (Wildman–Crippen MR) is 190 cm³/mol. The van der Waals surface area contributed by atoms with E-state index in [1.54, 1.807) is 0 Å². The molecule has 8 fully saturated rings. The van der Waals surface area contributed by atoms with E-state index in [9.17, 15) is 0 Å². The Labute approximate surface area is 286 Å². The first-order valence-corrected chi connectivity index (χ1v) is 19.1. The molecule has 47 heavy (non-hydrogen) atoms. The molecule has 6 nitrogen and oxygen atoms in total. The zero-order valence-corrected chi connectivity index (χ0v) is 32.3. The van der Waals surface area contributed by atoms with E-state index < -0.39 is 56.4 Å². The molecule has 8 bridgehead atoms. The molecule has 2 aromatic rings. The SMILES string of the molecule is CC12CC3(C)OC(C)(CC(C)(O1)C3(CP)c1ccc(C(C)(C)c3ccccc3)cc1C1(CP)C3(C)CC4(C)OC(C)(CC1(C)O4)O3)O2. The molecule has 2 aromatic carbocycles. The maximum atomic E-state index is 7.21. The maximum absolute atomic E-state index is 7.21. The van der Waals surface area contributed by atoms with E-state index in [1.165, 1.54) is 22.3 Å². The highest BCUT2D eigenvalue weighted by molar-refractivity contribution is 7.16. The monoisotopic (exact) mass is 680 g/mol. The van der Waals surface area contributed by atoms with Crippen LogP contribution in [0.25, 0.3) is 0 Å². The molecule has 8 heterocycles. The van der Waals surface area contributed by atoms with Crippen molar-refractivity contribution in [3.8, 4) is 0 Å². The van der Waals surface area contributed by atoms with Gasteiger partial charge in [0.05, 0.1) is 33.2 Å². The lowest BCUT2D eigenvalue weighted by molar-refractivity contribution is -0.534. The Balaban J connectivity index is 1.45. The molecule has 10 atom stereocenters. The lowest BCUT2D eigenvalue weighted by Gasteiger charge is -2.77. The third kappa shape index (κ3) is 3.92. The first-order chi connectivity index (χ1) is 21.6. The highest BCUT2D eigenvalue weighted by Gasteiger charge is 2.81. The first-order valence-electron chi connectivity index (χ1n) is 17.5. The molecule has 256 valence electrons. The molecule has 8 aliphatic heterocycles. The van der Waals surface area contributed by atoms with Crippen molar-refractivity contribution in [3.05, 3.63) is 70.8 Å². The third-order valence-corrected chi connectivity index (χ3v) is 14.9. The van der Waals surface area contributed by atoms with E-state index >= 15 is 0 Å². The fourth-order valence-corrected chi connectivity index (χ4v) is 14.9. The Morgan fingerprint density at radius 2 is 0.894 bits per heavy atom. The van der Waals surface area contributed by atoms with Crippen LogP contribution < -0.4 is 0 Å². The van der Waals surface area contributed by atoms with Crippen LogP contribution in [0.1, 0.15) is 117 Å². The molecular formula is C39H54O6P2. The lowest BCUT2D eigenvalue weighted by atomic mass is 9.46. The maximum Gasteiger partial charge on any atom is 0.172 e. The van der Waals surface area contributed by atoms with Gasteiger partial charge in [-0.1, -0.05) is 62.4 Å². The van der Waals surface area contributed by atoms with Crippen molar-refractivity contribution in [3.63, 3.8) is 0 Å². The predicted octanol–water partition coefficient (Wildman–Crippen LogP) is 7.88. The molecule has 0 radical (unpaired) electrons. The molecule has 0 aliphatic carbocycles. The molecule has 8 heteroatoms. The van der Waals surface area contributed by atoms with Gasteiger partial charge in [-0.15, -0.1) is 18.5 Å². The van der Waals surface area contributed by atoms with Crippen LogP contribution in [0, 0.1) is 0 Å². The Morgan fingerprint density at radius 3 is 1.28 bits per heavy atom. The molecule has 0 amide bonds. The fourth-order valence-electron chi connectivity index (χ4n) is 12.8. The van der Waals surface area contributed by atoms with Crippen LogP contribution in [-0.2, 0) is 44.7 Å². The van der Waals surface area contributed by atoms with Crippen molar-refractivity contribution < 1.29 is 28.4 Å². The third-order valence-electron chi connectivity index (χ3n) is 13.6. The summed E-state index contributed by atoms with van der Waals surface area (Å²) in [6.07, 6.45) is 4.05. The van der Waals surface area contributed by atoms with Crippen LogP contribution in [-0.4, -0.2) is 57.9 Å². The Kier molecular flexibility index (Phi) is 6.56. The minimum absolute atomic E-state index is 0.249. The second kappa shape index (κ2) is 9.29. The molecule has 10 unspecified atom stereocenters. The van der Waals surface area contributed by atoms with Crippen molar-refractivity contribution >= 4 is 18.5 Å². The molecule has 8 saturated heterocycles. The summed E-state index contributed by atoms with van der Waals surface area (Å²) >= 11 is 0. The summed E-state index contributed by atoms with van der Waals surface area (Å²) in [5.74, 6) is -2.91. The Morgan fingerprint density at radius 1 is 0.511 bits per heavy atom. The van der Waals surface area contributed by atoms with Gasteiger partial charge in [-0.25, -0.2) is 0 Å². The highest BCUT2D eigenvalue weighted by atomic mass is 31.0. The minimum Gasteiger partial charge on any atom is -0.343 e. The molecule has 10 rings (SSSR count). The quantitative estimate of drug-likeness (QED) is 0.290. The summed E-state index contributed by atoms with van der Waals surface area (Å²) in [6.45, 7) is 22.3. The van der Waals surface area contributed by atoms with Crippen molar-refractivity contribution in [2.75, 3.05) is 12.3 Å². The lowest BCUT2D eigenvalue weighted by Crippen LogP contribution is -2.85. The number of ether oxygens (including phenoxy) is 6. The van der Waals surface area contributed by atoms with Gasteiger partial charge < -0.3 is 28.4 Å². The van der Waals surface area contributed by atoms with Gasteiger partial charge in [0.2, 0.25) is 0 Å². The molecule has 0 N–H and O–H groups in total. The Hall–Kier alpha value is -0.940. The molecular weight excluding hydrogens is 626 g/mol. The van der Waals surface area contributed by atoms with E-state index in [0.29, 0.717) is 25.7 Å². The highest BCUT2D eigenvalue weighted by Crippen LogP contribution is 2.72. The average Bonchev–Trinajstić information content (AvgIpc) is 2.89. The van der Waals surface area contributed by atoms with Gasteiger partial charge in [0.1, 0.15) is 0 Å². The van der Waals surface area contributed by atoms with Crippen molar-refractivity contribution in [1.82, 2.24) is 0 Å². The van der Waals surface area contributed by atoms with E-state index in [2.05, 4.69) is 136 Å². The van der Waals surface area contributed by atoms with Gasteiger partial charge in [-0.05, 0) is 90.0 Å². The zero-order chi connectivity index (χ0) is 34.0. The molecule has 8 aliphatic rings. The van der Waals surface area contributed by atoms with Crippen molar-refractivity contribution in [2.24, 2.45) is 0 Å². The van der Waals surface area contributed by atoms with Crippen molar-refractivity contribution in [2.45, 2.75) is 157 Å². The van der Waals surface area contributed by atoms with Crippen LogP contribution in [0.2, 0.25) is 0 Å². The minimum atomic E-state index is -0.731. The molecule has 0 saturated carbocycles. The van der Waals surface area contributed by atoms with E-state index in [1.807, 2.05) is 0 Å². The van der Waals surface area contributed by atoms with Crippen LogP contribution >= 0.6 is 18.5 Å². The van der Waals surface area contributed by atoms with Gasteiger partial charge in [-0.2, -0.15) is 0 Å². The zero-order valence-electron chi connectivity index (χ0n) is 30.0. The second-order valence-corrected chi connectivity index (χ2v) is 18.6. The average molecular weight is 681 g/mol. The van der Waals surface area contributed by atoms with E-state index in [0.717, 1.165) is 12.3 Å². The summed E-state index contributed by atoms with van der Waals surface area (Å²) in [5.41, 5.74) is 1.48. The standard InChI is InChI=1S/C39H54O6P2/c1-29(2,25-14-12-11-13-15-25)26-16-17-27(38(23-46)30(3)19-34(7)41-31(38,4)20-35(8,40-30)44-34)28(18-26)39(24-47)32(5)21-36(9)43-33(39,6)22-37(10,42-32)45-36/h11-18H,19-24,46-47H2,1-10H3. The van der Waals surface area contributed by atoms with E-state index in [-0.39, 0.29) is 5.41 Å². The molecule has 0 aromatic heterocycles. The number of hydrogen-bond acceptors (Lipinski definition) is 6. The summed E-state index contributed by atoms with van der Waals surface area (Å²) < 4.78 is 41.8. The summed E-state index contributed by atoms with van der Waals surface area (Å²) in [4.78, 5) is 0. The van der Waals surface area contributed by atoms with E-state index in [4.69, 9.17) is 28.4 Å². The number of rotatable bonds is 6. The normalized spacial score (nSPS) is 51.1. The topological polar surface area (TPSA) is 55.4 Å². The molecule has 0 spiro atoms. The van der Waals surface area contributed by atoms with Gasteiger partial charge in [0.15, 0.2) is 23.1 Å². The smallest absolute Gasteiger partial charge is 0.172 e. The van der Waals surface area contributed by atoms with Crippen LogP contribution in [0.4, 0.5) is 0 Å². The van der Waals surface area contributed by atoms with Crippen LogP contribution in [0.5, 0.6) is 0 Å². The summed E-state index contributed by atoms with van der Waals surface area (Å²) in [7, 11) is 6.26. The first kappa shape index (κ1) is 33.2. The largest absolute Gasteiger partial charge is 0.343 e. The van der Waals surface area contributed by atoms with Gasteiger partial charge >= 0.3 is 0 Å². The number of hydrogen-bond donors (Lipinski definition) is 0. The summed E-state index contributed by atoms with van der Waals surface area (Å²) in [5, 5.41) is 0. The van der Waals surface area contributed by atoms with Gasteiger partial charge in [0, 0.05) is 31.1 Å². The number of benzene rings is 2. The van der Waals surface area contributed by atoms with Crippen molar-refractivity contribution in [1.29, 1.82) is 0 Å². The fraction of sp³-hybridized carbons (Fsp3) is 0.692. The Bertz CT molecular complexity index is 1570. The van der Waals surface area contributed by atoms with Crippen LogP contribution in [0.15, 0.2) is 48.5 Å². The van der Waals surface area contributed by atoms with Crippen LogP contribution in [0.3, 0.4) is 0 Å². The second-order valence-electron chi connectivity index (χ2n) is 17.7. The van der Waals surface area contributed by atoms with Gasteiger partial charge in [0.25, 0.3) is 0 Å². The summed E-state index contributed by atoms with van der Waals surface area (Å²) in [6, 6.07) is 18.1.